The molecule has 2 N–H and O–H groups in total. The highest BCUT2D eigenvalue weighted by molar-refractivity contribution is 5.57. The largest absolute Gasteiger partial charge is 0.508 e. The lowest BCUT2D eigenvalue weighted by atomic mass is 9.82. The van der Waals surface area contributed by atoms with Gasteiger partial charge in [0.1, 0.15) is 5.75 Å². The molecule has 0 aliphatic heterocycles. The molecule has 1 aliphatic carbocycles. The smallest absolute Gasteiger partial charge is 0.118 e. The quantitative estimate of drug-likeness (QED) is 0.776. The summed E-state index contributed by atoms with van der Waals surface area (Å²) < 4.78 is 0. The topological polar surface area (TPSA) is 32.3 Å². The van der Waals surface area contributed by atoms with Crippen LogP contribution in [0.5, 0.6) is 5.75 Å². The molecule has 0 aromatic heterocycles. The van der Waals surface area contributed by atoms with E-state index in [1.165, 1.54) is 37.8 Å². The van der Waals surface area contributed by atoms with Crippen LogP contribution in [-0.4, -0.2) is 11.1 Å². The summed E-state index contributed by atoms with van der Waals surface area (Å²) in [5, 5.41) is 13.4. The molecule has 0 saturated heterocycles. The Hall–Kier alpha value is -1.18. The van der Waals surface area contributed by atoms with E-state index in [-0.39, 0.29) is 0 Å². The summed E-state index contributed by atoms with van der Waals surface area (Å²) in [6.45, 7) is 6.31. The van der Waals surface area contributed by atoms with Crippen molar-refractivity contribution in [3.05, 3.63) is 23.3 Å². The van der Waals surface area contributed by atoms with Crippen molar-refractivity contribution in [1.82, 2.24) is 0 Å². The zero-order valence-electron chi connectivity index (χ0n) is 11.8. The number of hydrogen-bond acceptors (Lipinski definition) is 2. The first-order valence-corrected chi connectivity index (χ1v) is 7.18. The number of benzene rings is 1. The van der Waals surface area contributed by atoms with Gasteiger partial charge in [0.05, 0.1) is 0 Å². The molecular weight excluding hydrogens is 222 g/mol. The summed E-state index contributed by atoms with van der Waals surface area (Å²) in [5.74, 6) is 1.20. The Balaban J connectivity index is 2.15. The second kappa shape index (κ2) is 5.64. The predicted octanol–water partition coefficient (Wildman–Crippen LogP) is 4.39. The zero-order chi connectivity index (χ0) is 13.1. The standard InChI is InChI=1S/C16H25NO/c1-4-13-7-5-6-8-14(13)17-15-9-12(3)16(18)10-11(15)2/h9-10,13-14,17-18H,4-8H2,1-3H3. The molecule has 1 aromatic rings. The molecule has 2 nitrogen and oxygen atoms in total. The Morgan fingerprint density at radius 1 is 1.17 bits per heavy atom. The Morgan fingerprint density at radius 2 is 1.89 bits per heavy atom. The SMILES string of the molecule is CCC1CCCCC1Nc1cc(C)c(O)cc1C. The van der Waals surface area contributed by atoms with Crippen molar-refractivity contribution in [2.75, 3.05) is 5.32 Å². The number of nitrogens with one attached hydrogen (secondary N) is 1. The first-order chi connectivity index (χ1) is 8.61. The van der Waals surface area contributed by atoms with Gasteiger partial charge in [-0.2, -0.15) is 0 Å². The van der Waals surface area contributed by atoms with Crippen LogP contribution in [0.1, 0.15) is 50.2 Å². The van der Waals surface area contributed by atoms with Gasteiger partial charge in [-0.3, -0.25) is 0 Å². The van der Waals surface area contributed by atoms with Gasteiger partial charge < -0.3 is 10.4 Å². The van der Waals surface area contributed by atoms with Gasteiger partial charge in [-0.25, -0.2) is 0 Å². The van der Waals surface area contributed by atoms with Crippen LogP contribution in [0, 0.1) is 19.8 Å². The fourth-order valence-electron chi connectivity index (χ4n) is 3.04. The first-order valence-electron chi connectivity index (χ1n) is 7.18. The maximum atomic E-state index is 9.70. The lowest BCUT2D eigenvalue weighted by molar-refractivity contribution is 0.317. The third-order valence-corrected chi connectivity index (χ3v) is 4.32. The summed E-state index contributed by atoms with van der Waals surface area (Å²) in [6.07, 6.45) is 6.60. The molecule has 1 saturated carbocycles. The molecule has 0 radical (unpaired) electrons. The van der Waals surface area contributed by atoms with Crippen molar-refractivity contribution >= 4 is 5.69 Å². The van der Waals surface area contributed by atoms with Gasteiger partial charge in [0.25, 0.3) is 0 Å². The molecule has 1 aliphatic rings. The minimum atomic E-state index is 0.397. The normalized spacial score (nSPS) is 23.9. The van der Waals surface area contributed by atoms with E-state index in [2.05, 4.69) is 25.2 Å². The van der Waals surface area contributed by atoms with E-state index < -0.39 is 0 Å². The first kappa shape index (κ1) is 13.3. The van der Waals surface area contributed by atoms with Crippen LogP contribution in [0.4, 0.5) is 5.69 Å². The van der Waals surface area contributed by atoms with Crippen molar-refractivity contribution < 1.29 is 5.11 Å². The summed E-state index contributed by atoms with van der Waals surface area (Å²) in [4.78, 5) is 0. The molecule has 0 heterocycles. The Morgan fingerprint density at radius 3 is 2.61 bits per heavy atom. The van der Waals surface area contributed by atoms with Gasteiger partial charge in [0, 0.05) is 11.7 Å². The Labute approximate surface area is 110 Å². The molecule has 1 aromatic carbocycles. The summed E-state index contributed by atoms with van der Waals surface area (Å²) in [6, 6.07) is 4.54. The van der Waals surface area contributed by atoms with Crippen LogP contribution in [-0.2, 0) is 0 Å². The molecule has 100 valence electrons. The zero-order valence-corrected chi connectivity index (χ0v) is 11.8. The monoisotopic (exact) mass is 247 g/mol. The van der Waals surface area contributed by atoms with Gasteiger partial charge in [-0.15, -0.1) is 0 Å². The number of phenols is 1. The maximum Gasteiger partial charge on any atom is 0.118 e. The number of aromatic hydroxyl groups is 1. The highest BCUT2D eigenvalue weighted by Crippen LogP contribution is 2.32. The Bertz CT molecular complexity index is 414. The number of phenolic OH excluding ortho intramolecular Hbond substituents is 1. The lowest BCUT2D eigenvalue weighted by Crippen LogP contribution is -2.32. The molecule has 18 heavy (non-hydrogen) atoms. The van der Waals surface area contributed by atoms with Gasteiger partial charge >= 0.3 is 0 Å². The molecule has 2 rings (SSSR count). The summed E-state index contributed by atoms with van der Waals surface area (Å²) in [7, 11) is 0. The average Bonchev–Trinajstić information content (AvgIpc) is 2.36. The van der Waals surface area contributed by atoms with Crippen molar-refractivity contribution in [3.8, 4) is 5.75 Å². The van der Waals surface area contributed by atoms with Crippen LogP contribution in [0.25, 0.3) is 0 Å². The van der Waals surface area contributed by atoms with E-state index in [0.717, 1.165) is 17.0 Å². The molecule has 2 heteroatoms. The van der Waals surface area contributed by atoms with Crippen molar-refractivity contribution in [1.29, 1.82) is 0 Å². The molecule has 2 unspecified atom stereocenters. The van der Waals surface area contributed by atoms with E-state index in [0.29, 0.717) is 11.8 Å². The molecule has 1 fully saturated rings. The number of hydrogen-bond donors (Lipinski definition) is 2. The highest BCUT2D eigenvalue weighted by Gasteiger charge is 2.23. The van der Waals surface area contributed by atoms with E-state index in [9.17, 15) is 5.11 Å². The molecule has 0 bridgehead atoms. The lowest BCUT2D eigenvalue weighted by Gasteiger charge is -2.33. The summed E-state index contributed by atoms with van der Waals surface area (Å²) >= 11 is 0. The van der Waals surface area contributed by atoms with Crippen LogP contribution in [0.3, 0.4) is 0 Å². The fraction of sp³-hybridized carbons (Fsp3) is 0.625. The number of rotatable bonds is 3. The minimum Gasteiger partial charge on any atom is -0.508 e. The van der Waals surface area contributed by atoms with Crippen molar-refractivity contribution in [2.45, 2.75) is 58.9 Å². The molecule has 0 spiro atoms. The minimum absolute atomic E-state index is 0.397. The molecule has 0 amide bonds. The van der Waals surface area contributed by atoms with Crippen molar-refractivity contribution in [3.63, 3.8) is 0 Å². The average molecular weight is 247 g/mol. The highest BCUT2D eigenvalue weighted by atomic mass is 16.3. The second-order valence-corrected chi connectivity index (χ2v) is 5.66. The fourth-order valence-corrected chi connectivity index (χ4v) is 3.04. The van der Waals surface area contributed by atoms with Gasteiger partial charge in [0.2, 0.25) is 0 Å². The Kier molecular flexibility index (Phi) is 4.15. The van der Waals surface area contributed by atoms with Crippen LogP contribution in [0.15, 0.2) is 12.1 Å². The van der Waals surface area contributed by atoms with E-state index in [1.807, 2.05) is 13.0 Å². The predicted molar refractivity (Wildman–Crippen MR) is 77.2 cm³/mol. The summed E-state index contributed by atoms with van der Waals surface area (Å²) in [5.41, 5.74) is 3.28. The van der Waals surface area contributed by atoms with Crippen molar-refractivity contribution in [2.24, 2.45) is 5.92 Å². The third kappa shape index (κ3) is 2.80. The number of aryl methyl sites for hydroxylation is 2. The van der Waals surface area contributed by atoms with Crippen LogP contribution in [0.2, 0.25) is 0 Å². The van der Waals surface area contributed by atoms with E-state index >= 15 is 0 Å². The van der Waals surface area contributed by atoms with E-state index in [4.69, 9.17) is 0 Å². The molecule has 2 atom stereocenters. The van der Waals surface area contributed by atoms with E-state index in [1.54, 1.807) is 0 Å². The number of anilines is 1. The van der Waals surface area contributed by atoms with Gasteiger partial charge in [-0.05, 0) is 55.9 Å². The van der Waals surface area contributed by atoms with Gasteiger partial charge in [0.15, 0.2) is 0 Å². The van der Waals surface area contributed by atoms with Gasteiger partial charge in [-0.1, -0.05) is 26.2 Å². The molecular formula is C16H25NO. The third-order valence-electron chi connectivity index (χ3n) is 4.32. The maximum absolute atomic E-state index is 9.70. The van der Waals surface area contributed by atoms with Crippen LogP contribution < -0.4 is 5.32 Å². The van der Waals surface area contributed by atoms with Crippen LogP contribution >= 0.6 is 0 Å². The second-order valence-electron chi connectivity index (χ2n) is 5.66.